The van der Waals surface area contributed by atoms with Crippen LogP contribution in [0.3, 0.4) is 0 Å². The number of nitrogens with one attached hydrogen (secondary N) is 2. The van der Waals surface area contributed by atoms with Gasteiger partial charge >= 0.3 is 0 Å². The summed E-state index contributed by atoms with van der Waals surface area (Å²) >= 11 is 2.23. The Morgan fingerprint density at radius 1 is 1.25 bits per heavy atom. The molecule has 0 spiro atoms. The van der Waals surface area contributed by atoms with E-state index in [0.717, 1.165) is 20.6 Å². The first-order valence-electron chi connectivity index (χ1n) is 6.23. The molecular formula is C15H13IN2O2. The van der Waals surface area contributed by atoms with Gasteiger partial charge < -0.3 is 15.4 Å². The zero-order chi connectivity index (χ0) is 14.1. The lowest BCUT2D eigenvalue weighted by molar-refractivity contribution is -0.117. The van der Waals surface area contributed by atoms with Gasteiger partial charge in [0, 0.05) is 17.3 Å². The van der Waals surface area contributed by atoms with Crippen molar-refractivity contribution in [2.75, 3.05) is 12.4 Å². The molecule has 0 aliphatic carbocycles. The Balaban J connectivity index is 1.90. The molecule has 4 nitrogen and oxygen atoms in total. The second-order valence-electron chi connectivity index (χ2n) is 4.49. The quantitative estimate of drug-likeness (QED) is 0.804. The van der Waals surface area contributed by atoms with Gasteiger partial charge in [-0.2, -0.15) is 0 Å². The van der Waals surface area contributed by atoms with E-state index in [0.29, 0.717) is 5.75 Å². The number of fused-ring (bicyclic) bond motifs is 1. The minimum Gasteiger partial charge on any atom is -0.456 e. The number of ether oxygens (including phenoxy) is 1. The molecule has 1 aliphatic rings. The molecule has 0 saturated carbocycles. The van der Waals surface area contributed by atoms with Crippen molar-refractivity contribution in [1.29, 1.82) is 0 Å². The summed E-state index contributed by atoms with van der Waals surface area (Å²) in [5.41, 5.74) is 1.75. The average molecular weight is 380 g/mol. The Bertz CT molecular complexity index is 673. The van der Waals surface area contributed by atoms with Crippen LogP contribution in [0.5, 0.6) is 11.5 Å². The Kier molecular flexibility index (Phi) is 3.62. The lowest BCUT2D eigenvalue weighted by Gasteiger charge is -2.10. The van der Waals surface area contributed by atoms with E-state index in [-0.39, 0.29) is 11.9 Å². The number of hydrogen-bond acceptors (Lipinski definition) is 3. The van der Waals surface area contributed by atoms with Gasteiger partial charge in [0.1, 0.15) is 17.5 Å². The molecule has 0 saturated heterocycles. The van der Waals surface area contributed by atoms with Crippen LogP contribution in [0.1, 0.15) is 11.6 Å². The predicted molar refractivity (Wildman–Crippen MR) is 86.1 cm³/mol. The highest BCUT2D eigenvalue weighted by Crippen LogP contribution is 2.35. The standard InChI is InChI=1S/C15H13IN2O2/c1-17-14-10-7-6-9(8-12(10)18-15(14)19)20-13-5-3-2-4-11(13)16/h2-8,14,17H,1H3,(H,18,19). The van der Waals surface area contributed by atoms with Gasteiger partial charge in [-0.05, 0) is 47.8 Å². The number of carbonyl (C=O) groups excluding carboxylic acids is 1. The number of halogens is 1. The van der Waals surface area contributed by atoms with Gasteiger partial charge in [-0.1, -0.05) is 18.2 Å². The molecule has 1 amide bonds. The minimum absolute atomic E-state index is 0.0334. The molecular weight excluding hydrogens is 367 g/mol. The lowest BCUT2D eigenvalue weighted by atomic mass is 10.1. The van der Waals surface area contributed by atoms with E-state index < -0.39 is 0 Å². The van der Waals surface area contributed by atoms with Crippen molar-refractivity contribution >= 4 is 34.2 Å². The third-order valence-electron chi connectivity index (χ3n) is 3.21. The normalized spacial score (nSPS) is 16.7. The smallest absolute Gasteiger partial charge is 0.246 e. The topological polar surface area (TPSA) is 50.4 Å². The van der Waals surface area contributed by atoms with E-state index in [1.54, 1.807) is 7.05 Å². The van der Waals surface area contributed by atoms with Crippen molar-refractivity contribution in [3.05, 3.63) is 51.6 Å². The summed E-state index contributed by atoms with van der Waals surface area (Å²) in [7, 11) is 1.77. The van der Waals surface area contributed by atoms with E-state index in [4.69, 9.17) is 4.74 Å². The van der Waals surface area contributed by atoms with Crippen LogP contribution in [-0.4, -0.2) is 13.0 Å². The largest absolute Gasteiger partial charge is 0.456 e. The zero-order valence-corrected chi connectivity index (χ0v) is 13.0. The summed E-state index contributed by atoms with van der Waals surface area (Å²) in [5, 5.41) is 5.85. The van der Waals surface area contributed by atoms with Crippen LogP contribution < -0.4 is 15.4 Å². The third-order valence-corrected chi connectivity index (χ3v) is 4.10. The summed E-state index contributed by atoms with van der Waals surface area (Å²) in [6, 6.07) is 13.2. The van der Waals surface area contributed by atoms with Crippen molar-refractivity contribution in [2.45, 2.75) is 6.04 Å². The molecule has 1 atom stereocenters. The highest BCUT2D eigenvalue weighted by molar-refractivity contribution is 14.1. The second kappa shape index (κ2) is 5.41. The first-order valence-corrected chi connectivity index (χ1v) is 7.31. The number of rotatable bonds is 3. The van der Waals surface area contributed by atoms with Crippen LogP contribution in [-0.2, 0) is 4.79 Å². The Morgan fingerprint density at radius 2 is 2.05 bits per heavy atom. The van der Waals surface area contributed by atoms with E-state index in [9.17, 15) is 4.79 Å². The van der Waals surface area contributed by atoms with E-state index in [1.165, 1.54) is 0 Å². The number of anilines is 1. The van der Waals surface area contributed by atoms with E-state index in [1.807, 2.05) is 42.5 Å². The average Bonchev–Trinajstić information content (AvgIpc) is 2.76. The fourth-order valence-electron chi connectivity index (χ4n) is 2.25. The molecule has 5 heteroatoms. The van der Waals surface area contributed by atoms with Crippen LogP contribution in [0.15, 0.2) is 42.5 Å². The molecule has 3 rings (SSSR count). The van der Waals surface area contributed by atoms with Crippen molar-refractivity contribution in [2.24, 2.45) is 0 Å². The summed E-state index contributed by atoms with van der Waals surface area (Å²) in [6.45, 7) is 0. The monoisotopic (exact) mass is 380 g/mol. The fraction of sp³-hybridized carbons (Fsp3) is 0.133. The summed E-state index contributed by atoms with van der Waals surface area (Å²) in [5.74, 6) is 1.49. The molecule has 2 N–H and O–H groups in total. The molecule has 0 aromatic heterocycles. The molecule has 2 aromatic rings. The van der Waals surface area contributed by atoms with Crippen LogP contribution >= 0.6 is 22.6 Å². The van der Waals surface area contributed by atoms with Crippen molar-refractivity contribution in [3.63, 3.8) is 0 Å². The van der Waals surface area contributed by atoms with Crippen LogP contribution in [0.25, 0.3) is 0 Å². The molecule has 102 valence electrons. The summed E-state index contributed by atoms with van der Waals surface area (Å²) in [6.07, 6.45) is 0. The van der Waals surface area contributed by atoms with Gasteiger partial charge in [-0.3, -0.25) is 4.79 Å². The third kappa shape index (κ3) is 2.38. The zero-order valence-electron chi connectivity index (χ0n) is 10.8. The van der Waals surface area contributed by atoms with Crippen molar-refractivity contribution < 1.29 is 9.53 Å². The number of benzene rings is 2. The van der Waals surface area contributed by atoms with Gasteiger partial charge in [-0.15, -0.1) is 0 Å². The van der Waals surface area contributed by atoms with E-state index in [2.05, 4.69) is 33.2 Å². The minimum atomic E-state index is -0.282. The highest BCUT2D eigenvalue weighted by Gasteiger charge is 2.29. The van der Waals surface area contributed by atoms with Gasteiger partial charge in [-0.25, -0.2) is 0 Å². The Morgan fingerprint density at radius 3 is 2.80 bits per heavy atom. The SMILES string of the molecule is CNC1C(=O)Nc2cc(Oc3ccccc3I)ccc21. The molecule has 0 fully saturated rings. The molecule has 2 aromatic carbocycles. The number of amides is 1. The molecule has 1 unspecified atom stereocenters. The Hall–Kier alpha value is -1.60. The van der Waals surface area contributed by atoms with Gasteiger partial charge in [0.15, 0.2) is 0 Å². The molecule has 0 bridgehead atoms. The fourth-order valence-corrected chi connectivity index (χ4v) is 2.74. The van der Waals surface area contributed by atoms with Crippen LogP contribution in [0.4, 0.5) is 5.69 Å². The predicted octanol–water partition coefficient (Wildman–Crippen LogP) is 3.30. The first-order chi connectivity index (χ1) is 9.69. The molecule has 0 radical (unpaired) electrons. The van der Waals surface area contributed by atoms with Gasteiger partial charge in [0.05, 0.1) is 3.57 Å². The van der Waals surface area contributed by atoms with E-state index >= 15 is 0 Å². The van der Waals surface area contributed by atoms with Crippen molar-refractivity contribution in [3.8, 4) is 11.5 Å². The Labute approximate surface area is 130 Å². The number of likely N-dealkylation sites (N-methyl/N-ethyl adjacent to an activating group) is 1. The van der Waals surface area contributed by atoms with Gasteiger partial charge in [0.25, 0.3) is 0 Å². The number of hydrogen-bond donors (Lipinski definition) is 2. The molecule has 20 heavy (non-hydrogen) atoms. The maximum atomic E-state index is 11.8. The number of carbonyl (C=O) groups is 1. The van der Waals surface area contributed by atoms with Crippen LogP contribution in [0.2, 0.25) is 0 Å². The first kappa shape index (κ1) is 13.4. The highest BCUT2D eigenvalue weighted by atomic mass is 127. The number of para-hydroxylation sites is 1. The second-order valence-corrected chi connectivity index (χ2v) is 5.65. The summed E-state index contributed by atoms with van der Waals surface area (Å²) < 4.78 is 6.90. The molecule has 1 heterocycles. The maximum Gasteiger partial charge on any atom is 0.246 e. The van der Waals surface area contributed by atoms with Gasteiger partial charge in [0.2, 0.25) is 5.91 Å². The molecule has 1 aliphatic heterocycles. The lowest BCUT2D eigenvalue weighted by Crippen LogP contribution is -2.23. The van der Waals surface area contributed by atoms with Crippen molar-refractivity contribution in [1.82, 2.24) is 5.32 Å². The summed E-state index contributed by atoms with van der Waals surface area (Å²) in [4.78, 5) is 11.8. The maximum absolute atomic E-state index is 11.8. The van der Waals surface area contributed by atoms with Crippen LogP contribution in [0, 0.1) is 3.57 Å².